The fraction of sp³-hybridized carbons (Fsp3) is 0.174. The maximum atomic E-state index is 12.3. The molecule has 27 heavy (non-hydrogen) atoms. The van der Waals surface area contributed by atoms with Gasteiger partial charge in [0.25, 0.3) is 0 Å². The first-order valence-electron chi connectivity index (χ1n) is 8.90. The summed E-state index contributed by atoms with van der Waals surface area (Å²) in [6.07, 6.45) is 0.410. The van der Waals surface area contributed by atoms with Crippen LogP contribution in [0.3, 0.4) is 0 Å². The van der Waals surface area contributed by atoms with Gasteiger partial charge >= 0.3 is 0 Å². The van der Waals surface area contributed by atoms with Crippen molar-refractivity contribution in [2.75, 3.05) is 19.5 Å². The Bertz CT molecular complexity index is 965. The molecule has 0 bridgehead atoms. The fourth-order valence-corrected chi connectivity index (χ4v) is 3.62. The minimum absolute atomic E-state index is 0.00635. The number of nitrogens with one attached hydrogen (secondary N) is 1. The standard InChI is InChI=1S/C23H21NO3/c1-26-21-12-19-18(13-23(25)24-20(19)14-22(21)27-2)17-10-8-16(9-11-17)15-6-4-3-5-7-15/h3-12,14,18H,13H2,1-2H3,(H,24,25). The third-order valence-corrected chi connectivity index (χ3v) is 5.01. The first-order valence-corrected chi connectivity index (χ1v) is 8.90. The Labute approximate surface area is 158 Å². The van der Waals surface area contributed by atoms with E-state index in [1.165, 1.54) is 5.56 Å². The lowest BCUT2D eigenvalue weighted by Crippen LogP contribution is -2.23. The van der Waals surface area contributed by atoms with E-state index in [0.717, 1.165) is 22.4 Å². The van der Waals surface area contributed by atoms with Crippen LogP contribution in [0.1, 0.15) is 23.5 Å². The Morgan fingerprint density at radius 3 is 2.15 bits per heavy atom. The number of hydrogen-bond acceptors (Lipinski definition) is 3. The molecule has 4 heteroatoms. The molecule has 0 saturated heterocycles. The second-order valence-electron chi connectivity index (χ2n) is 6.59. The van der Waals surface area contributed by atoms with Crippen LogP contribution in [0.2, 0.25) is 0 Å². The molecule has 1 aliphatic rings. The highest BCUT2D eigenvalue weighted by molar-refractivity contribution is 5.96. The normalized spacial score (nSPS) is 15.6. The van der Waals surface area contributed by atoms with E-state index in [9.17, 15) is 4.79 Å². The molecule has 1 heterocycles. The molecule has 1 atom stereocenters. The number of methoxy groups -OCH3 is 2. The van der Waals surface area contributed by atoms with Crippen LogP contribution >= 0.6 is 0 Å². The maximum absolute atomic E-state index is 12.3. The van der Waals surface area contributed by atoms with E-state index < -0.39 is 0 Å². The molecule has 0 aromatic heterocycles. The van der Waals surface area contributed by atoms with Gasteiger partial charge in [0, 0.05) is 24.1 Å². The summed E-state index contributed by atoms with van der Waals surface area (Å²) in [4.78, 5) is 12.3. The van der Waals surface area contributed by atoms with Gasteiger partial charge in [-0.25, -0.2) is 0 Å². The Balaban J connectivity index is 1.73. The van der Waals surface area contributed by atoms with Crippen LogP contribution in [0.15, 0.2) is 66.7 Å². The largest absolute Gasteiger partial charge is 0.493 e. The molecular formula is C23H21NO3. The fourth-order valence-electron chi connectivity index (χ4n) is 3.62. The molecule has 1 N–H and O–H groups in total. The lowest BCUT2D eigenvalue weighted by molar-refractivity contribution is -0.116. The first-order chi connectivity index (χ1) is 13.2. The Hall–Kier alpha value is -3.27. The molecule has 1 amide bonds. The van der Waals surface area contributed by atoms with Gasteiger partial charge in [0.05, 0.1) is 14.2 Å². The smallest absolute Gasteiger partial charge is 0.225 e. The van der Waals surface area contributed by atoms with Crippen LogP contribution in [0.4, 0.5) is 5.69 Å². The summed E-state index contributed by atoms with van der Waals surface area (Å²) in [7, 11) is 3.21. The van der Waals surface area contributed by atoms with Crippen molar-refractivity contribution in [3.63, 3.8) is 0 Å². The summed E-state index contributed by atoms with van der Waals surface area (Å²) in [5.74, 6) is 1.26. The molecule has 0 aliphatic carbocycles. The van der Waals surface area contributed by atoms with Gasteiger partial charge in [-0.05, 0) is 28.3 Å². The number of hydrogen-bond donors (Lipinski definition) is 1. The summed E-state index contributed by atoms with van der Waals surface area (Å²) < 4.78 is 10.8. The van der Waals surface area contributed by atoms with Crippen molar-refractivity contribution >= 4 is 11.6 Å². The Morgan fingerprint density at radius 2 is 1.48 bits per heavy atom. The lowest BCUT2D eigenvalue weighted by Gasteiger charge is -2.27. The second kappa shape index (κ2) is 7.16. The second-order valence-corrected chi connectivity index (χ2v) is 6.59. The number of fused-ring (bicyclic) bond motifs is 1. The molecule has 3 aromatic rings. The van der Waals surface area contributed by atoms with Crippen LogP contribution in [0.5, 0.6) is 11.5 Å². The molecule has 3 aromatic carbocycles. The van der Waals surface area contributed by atoms with Crippen molar-refractivity contribution in [3.05, 3.63) is 77.9 Å². The molecule has 0 saturated carbocycles. The van der Waals surface area contributed by atoms with E-state index in [4.69, 9.17) is 9.47 Å². The number of amides is 1. The minimum atomic E-state index is -0.0154. The van der Waals surface area contributed by atoms with E-state index in [-0.39, 0.29) is 11.8 Å². The van der Waals surface area contributed by atoms with E-state index in [1.807, 2.05) is 30.3 Å². The van der Waals surface area contributed by atoms with E-state index in [2.05, 4.69) is 41.7 Å². The van der Waals surface area contributed by atoms with E-state index in [1.54, 1.807) is 14.2 Å². The number of anilines is 1. The average molecular weight is 359 g/mol. The molecule has 0 radical (unpaired) electrons. The van der Waals surface area contributed by atoms with Gasteiger partial charge in [0.15, 0.2) is 11.5 Å². The SMILES string of the molecule is COc1cc2c(cc1OC)C(c1ccc(-c3ccccc3)cc1)CC(=O)N2. The highest BCUT2D eigenvalue weighted by Gasteiger charge is 2.28. The van der Waals surface area contributed by atoms with Crippen molar-refractivity contribution in [2.45, 2.75) is 12.3 Å². The quantitative estimate of drug-likeness (QED) is 0.725. The highest BCUT2D eigenvalue weighted by atomic mass is 16.5. The van der Waals surface area contributed by atoms with Gasteiger partial charge in [-0.15, -0.1) is 0 Å². The summed E-state index contributed by atoms with van der Waals surface area (Å²) in [5, 5.41) is 2.95. The van der Waals surface area contributed by atoms with Gasteiger partial charge in [0.1, 0.15) is 0 Å². The van der Waals surface area contributed by atoms with Crippen molar-refractivity contribution in [2.24, 2.45) is 0 Å². The lowest BCUT2D eigenvalue weighted by atomic mass is 9.84. The van der Waals surface area contributed by atoms with E-state index in [0.29, 0.717) is 17.9 Å². The minimum Gasteiger partial charge on any atom is -0.493 e. The number of carbonyl (C=O) groups is 1. The van der Waals surface area contributed by atoms with Crippen molar-refractivity contribution in [3.8, 4) is 22.6 Å². The van der Waals surface area contributed by atoms with Crippen molar-refractivity contribution in [1.29, 1.82) is 0 Å². The predicted octanol–water partition coefficient (Wildman–Crippen LogP) is 4.84. The number of ether oxygens (including phenoxy) is 2. The van der Waals surface area contributed by atoms with Crippen LogP contribution in [0.25, 0.3) is 11.1 Å². The third kappa shape index (κ3) is 3.26. The molecule has 4 rings (SSSR count). The van der Waals surface area contributed by atoms with Crippen LogP contribution < -0.4 is 14.8 Å². The zero-order valence-corrected chi connectivity index (χ0v) is 15.4. The zero-order chi connectivity index (χ0) is 18.8. The maximum Gasteiger partial charge on any atom is 0.225 e. The number of carbonyl (C=O) groups excluding carboxylic acids is 1. The van der Waals surface area contributed by atoms with Gasteiger partial charge in [0.2, 0.25) is 5.91 Å². The van der Waals surface area contributed by atoms with Crippen molar-refractivity contribution < 1.29 is 14.3 Å². The van der Waals surface area contributed by atoms with Crippen molar-refractivity contribution in [1.82, 2.24) is 0 Å². The predicted molar refractivity (Wildman–Crippen MR) is 107 cm³/mol. The van der Waals surface area contributed by atoms with Crippen LogP contribution in [-0.4, -0.2) is 20.1 Å². The summed E-state index contributed by atoms with van der Waals surface area (Å²) >= 11 is 0. The molecule has 136 valence electrons. The third-order valence-electron chi connectivity index (χ3n) is 5.01. The van der Waals surface area contributed by atoms with Gasteiger partial charge in [-0.3, -0.25) is 4.79 Å². The zero-order valence-electron chi connectivity index (χ0n) is 15.4. The monoisotopic (exact) mass is 359 g/mol. The van der Waals surface area contributed by atoms with Crippen LogP contribution in [0, 0.1) is 0 Å². The highest BCUT2D eigenvalue weighted by Crippen LogP contribution is 2.43. The molecule has 0 spiro atoms. The number of rotatable bonds is 4. The van der Waals surface area contributed by atoms with Crippen LogP contribution in [-0.2, 0) is 4.79 Å². The first kappa shape index (κ1) is 17.2. The Kier molecular flexibility index (Phi) is 4.55. The van der Waals surface area contributed by atoms with Gasteiger partial charge < -0.3 is 14.8 Å². The summed E-state index contributed by atoms with van der Waals surface area (Å²) in [5.41, 5.74) is 5.27. The average Bonchev–Trinajstić information content (AvgIpc) is 2.73. The molecule has 1 unspecified atom stereocenters. The summed E-state index contributed by atoms with van der Waals surface area (Å²) in [6, 6.07) is 22.5. The summed E-state index contributed by atoms with van der Waals surface area (Å²) in [6.45, 7) is 0. The van der Waals surface area contributed by atoms with Gasteiger partial charge in [-0.2, -0.15) is 0 Å². The van der Waals surface area contributed by atoms with E-state index >= 15 is 0 Å². The Morgan fingerprint density at radius 1 is 0.852 bits per heavy atom. The topological polar surface area (TPSA) is 47.6 Å². The van der Waals surface area contributed by atoms with Gasteiger partial charge in [-0.1, -0.05) is 54.6 Å². The number of benzene rings is 3. The molecule has 4 nitrogen and oxygen atoms in total. The molecule has 0 fully saturated rings. The molecular weight excluding hydrogens is 338 g/mol. The molecule has 1 aliphatic heterocycles.